The third-order valence-corrected chi connectivity index (χ3v) is 3.74. The monoisotopic (exact) mass is 198 g/mol. The first-order valence-electron chi connectivity index (χ1n) is 5.43. The van der Waals surface area contributed by atoms with Crippen molar-refractivity contribution in [3.63, 3.8) is 0 Å². The fourth-order valence-corrected chi connectivity index (χ4v) is 2.64. The summed E-state index contributed by atoms with van der Waals surface area (Å²) in [5.41, 5.74) is 0. The number of hydrogen-bond donors (Lipinski definition) is 0. The minimum atomic E-state index is 0.950. The van der Waals surface area contributed by atoms with Crippen LogP contribution in [0, 0.1) is 0 Å². The average molecular weight is 198 g/mol. The quantitative estimate of drug-likeness (QED) is 0.522. The first-order chi connectivity index (χ1) is 6.28. The Kier molecular flexibility index (Phi) is 8.45. The average Bonchev–Trinajstić information content (AvgIpc) is 2.16. The lowest BCUT2D eigenvalue weighted by Gasteiger charge is -2.07. The summed E-state index contributed by atoms with van der Waals surface area (Å²) in [6, 6.07) is 0. The summed E-state index contributed by atoms with van der Waals surface area (Å²) in [6.07, 6.45) is 9.56. The maximum Gasteiger partial charge on any atom is -0.0306 e. The van der Waals surface area contributed by atoms with Gasteiger partial charge in [0.2, 0.25) is 0 Å². The lowest BCUT2D eigenvalue weighted by Crippen LogP contribution is -1.76. The Labute approximate surface area is 85.3 Å². The van der Waals surface area contributed by atoms with Crippen molar-refractivity contribution < 1.29 is 0 Å². The molecule has 0 unspecified atom stereocenters. The van der Waals surface area contributed by atoms with Crippen molar-refractivity contribution in [3.05, 3.63) is 22.8 Å². The molecule has 0 atom stereocenters. The molecule has 13 heavy (non-hydrogen) atoms. The van der Waals surface area contributed by atoms with Crippen molar-refractivity contribution in [1.82, 2.24) is 0 Å². The van der Waals surface area contributed by atoms with E-state index in [0.717, 1.165) is 8.58 Å². The van der Waals surface area contributed by atoms with Crippen LogP contribution in [0.5, 0.6) is 0 Å². The van der Waals surface area contributed by atoms with E-state index in [4.69, 9.17) is 0 Å². The second-order valence-electron chi connectivity index (χ2n) is 3.11. The second kappa shape index (κ2) is 8.51. The first kappa shape index (κ1) is 12.9. The normalized spacial score (nSPS) is 14.5. The SMILES string of the molecule is CC/C=C(/CC)P/C(=C\CC)CC. The Bertz CT molecular complexity index is 158. The van der Waals surface area contributed by atoms with Gasteiger partial charge in [0.1, 0.15) is 0 Å². The van der Waals surface area contributed by atoms with E-state index in [9.17, 15) is 0 Å². The van der Waals surface area contributed by atoms with E-state index in [2.05, 4.69) is 39.8 Å². The molecule has 0 bridgehead atoms. The van der Waals surface area contributed by atoms with Crippen LogP contribution in [0.25, 0.3) is 0 Å². The zero-order valence-electron chi connectivity index (χ0n) is 9.48. The van der Waals surface area contributed by atoms with E-state index in [0.29, 0.717) is 0 Å². The molecule has 0 aliphatic heterocycles. The lowest BCUT2D eigenvalue weighted by molar-refractivity contribution is 1.12. The van der Waals surface area contributed by atoms with Crippen LogP contribution in [-0.4, -0.2) is 0 Å². The summed E-state index contributed by atoms with van der Waals surface area (Å²) >= 11 is 0. The van der Waals surface area contributed by atoms with Crippen LogP contribution < -0.4 is 0 Å². The van der Waals surface area contributed by atoms with E-state index in [1.54, 1.807) is 10.6 Å². The molecule has 0 aliphatic carbocycles. The Morgan fingerprint density at radius 1 is 0.846 bits per heavy atom. The fourth-order valence-electron chi connectivity index (χ4n) is 1.27. The molecule has 0 amide bonds. The van der Waals surface area contributed by atoms with Crippen molar-refractivity contribution >= 4 is 8.58 Å². The third-order valence-electron chi connectivity index (χ3n) is 1.98. The van der Waals surface area contributed by atoms with Gasteiger partial charge in [0.05, 0.1) is 0 Å². The van der Waals surface area contributed by atoms with Crippen LogP contribution in [-0.2, 0) is 0 Å². The molecular formula is C12H23P. The molecule has 0 aromatic heterocycles. The summed E-state index contributed by atoms with van der Waals surface area (Å²) in [7, 11) is 0.950. The summed E-state index contributed by atoms with van der Waals surface area (Å²) in [6.45, 7) is 8.95. The molecular weight excluding hydrogens is 175 g/mol. The maximum absolute atomic E-state index is 2.39. The van der Waals surface area contributed by atoms with Gasteiger partial charge in [-0.2, -0.15) is 0 Å². The third kappa shape index (κ3) is 6.05. The molecule has 0 aromatic rings. The highest BCUT2D eigenvalue weighted by Crippen LogP contribution is 2.37. The van der Waals surface area contributed by atoms with Gasteiger partial charge < -0.3 is 0 Å². The van der Waals surface area contributed by atoms with Gasteiger partial charge in [0.15, 0.2) is 0 Å². The molecule has 0 aromatic carbocycles. The lowest BCUT2D eigenvalue weighted by atomic mass is 10.3. The fraction of sp³-hybridized carbons (Fsp3) is 0.667. The van der Waals surface area contributed by atoms with Crippen molar-refractivity contribution in [2.24, 2.45) is 0 Å². The van der Waals surface area contributed by atoms with Crippen LogP contribution in [0.2, 0.25) is 0 Å². The maximum atomic E-state index is 2.39. The molecule has 0 nitrogen and oxygen atoms in total. The molecule has 0 heterocycles. The summed E-state index contributed by atoms with van der Waals surface area (Å²) in [5.74, 6) is 0. The van der Waals surface area contributed by atoms with Gasteiger partial charge in [0, 0.05) is 0 Å². The zero-order chi connectivity index (χ0) is 10.1. The molecule has 0 spiro atoms. The molecule has 0 saturated heterocycles. The molecule has 0 fully saturated rings. The summed E-state index contributed by atoms with van der Waals surface area (Å²) < 4.78 is 0. The van der Waals surface area contributed by atoms with Crippen LogP contribution in [0.3, 0.4) is 0 Å². The molecule has 76 valence electrons. The van der Waals surface area contributed by atoms with E-state index < -0.39 is 0 Å². The van der Waals surface area contributed by atoms with Crippen molar-refractivity contribution in [1.29, 1.82) is 0 Å². The van der Waals surface area contributed by atoms with Gasteiger partial charge in [-0.25, -0.2) is 0 Å². The minimum absolute atomic E-state index is 0.950. The van der Waals surface area contributed by atoms with Gasteiger partial charge >= 0.3 is 0 Å². The van der Waals surface area contributed by atoms with Gasteiger partial charge in [-0.1, -0.05) is 48.4 Å². The van der Waals surface area contributed by atoms with Crippen molar-refractivity contribution in [2.75, 3.05) is 0 Å². The van der Waals surface area contributed by atoms with Crippen LogP contribution in [0.1, 0.15) is 53.4 Å². The highest BCUT2D eigenvalue weighted by molar-refractivity contribution is 7.47. The van der Waals surface area contributed by atoms with E-state index in [1.165, 1.54) is 25.7 Å². The van der Waals surface area contributed by atoms with Crippen LogP contribution in [0.15, 0.2) is 22.8 Å². The van der Waals surface area contributed by atoms with Crippen molar-refractivity contribution in [2.45, 2.75) is 53.4 Å². The van der Waals surface area contributed by atoms with E-state index >= 15 is 0 Å². The highest BCUT2D eigenvalue weighted by atomic mass is 31.1. The van der Waals surface area contributed by atoms with Crippen LogP contribution >= 0.6 is 8.58 Å². The Balaban J connectivity index is 4.19. The number of hydrogen-bond acceptors (Lipinski definition) is 0. The van der Waals surface area contributed by atoms with Gasteiger partial charge in [-0.05, 0) is 36.3 Å². The highest BCUT2D eigenvalue weighted by Gasteiger charge is 1.97. The molecule has 1 heteroatoms. The Hall–Kier alpha value is -0.0900. The van der Waals surface area contributed by atoms with Crippen molar-refractivity contribution in [3.8, 4) is 0 Å². The predicted octanol–water partition coefficient (Wildman–Crippen LogP) is 5.07. The molecule has 0 saturated carbocycles. The second-order valence-corrected chi connectivity index (χ2v) is 4.64. The Morgan fingerprint density at radius 2 is 1.23 bits per heavy atom. The molecule has 0 rings (SSSR count). The van der Waals surface area contributed by atoms with Crippen LogP contribution in [0.4, 0.5) is 0 Å². The topological polar surface area (TPSA) is 0 Å². The van der Waals surface area contributed by atoms with Gasteiger partial charge in [-0.15, -0.1) is 0 Å². The van der Waals surface area contributed by atoms with E-state index in [-0.39, 0.29) is 0 Å². The Morgan fingerprint density at radius 3 is 1.46 bits per heavy atom. The first-order valence-corrected chi connectivity index (χ1v) is 6.43. The molecule has 0 radical (unpaired) electrons. The molecule has 0 N–H and O–H groups in total. The summed E-state index contributed by atoms with van der Waals surface area (Å²) in [4.78, 5) is 0. The van der Waals surface area contributed by atoms with Gasteiger partial charge in [0.25, 0.3) is 0 Å². The zero-order valence-corrected chi connectivity index (χ0v) is 10.5. The van der Waals surface area contributed by atoms with E-state index in [1.807, 2.05) is 0 Å². The minimum Gasteiger partial charge on any atom is -0.0811 e. The number of rotatable bonds is 6. The number of allylic oxidation sites excluding steroid dienone is 4. The summed E-state index contributed by atoms with van der Waals surface area (Å²) in [5, 5.41) is 3.26. The molecule has 0 aliphatic rings. The predicted molar refractivity (Wildman–Crippen MR) is 65.6 cm³/mol. The standard InChI is InChI=1S/C12H23P/c1-5-9-11(7-3)13-12(8-4)10-6-2/h9-10,13H,5-8H2,1-4H3/b11-9-,12-10-. The van der Waals surface area contributed by atoms with Gasteiger partial charge in [-0.3, -0.25) is 0 Å². The smallest absolute Gasteiger partial charge is 0.0306 e. The largest absolute Gasteiger partial charge is 0.0811 e.